The van der Waals surface area contributed by atoms with Gasteiger partial charge in [0.1, 0.15) is 5.82 Å². The first kappa shape index (κ1) is 18.9. The largest absolute Gasteiger partial charge is 0.334 e. The molecule has 2 atom stereocenters. The number of halogens is 1. The second-order valence-corrected chi connectivity index (χ2v) is 8.52. The van der Waals surface area contributed by atoms with Crippen molar-refractivity contribution in [3.63, 3.8) is 0 Å². The molecule has 0 spiro atoms. The van der Waals surface area contributed by atoms with Gasteiger partial charge in [0.15, 0.2) is 0 Å². The zero-order chi connectivity index (χ0) is 18.5. The number of thioether (sulfide) groups is 1. The number of nitrogens with zero attached hydrogens (tertiary/aromatic N) is 1. The van der Waals surface area contributed by atoms with Crippen LogP contribution in [0.4, 0.5) is 10.1 Å². The number of hydrogen-bond donors (Lipinski definition) is 1. The lowest BCUT2D eigenvalue weighted by atomic mass is 10.2. The summed E-state index contributed by atoms with van der Waals surface area (Å²) >= 11 is 3.01. The summed E-state index contributed by atoms with van der Waals surface area (Å²) in [6.45, 7) is 2.62. The summed E-state index contributed by atoms with van der Waals surface area (Å²) in [5.41, 5.74) is 0.549. The number of carbonyl (C=O) groups excluding carboxylic acids is 2. The number of rotatable bonds is 6. The topological polar surface area (TPSA) is 49.4 Å². The van der Waals surface area contributed by atoms with Gasteiger partial charge in [0.25, 0.3) is 0 Å². The van der Waals surface area contributed by atoms with Crippen molar-refractivity contribution in [3.8, 4) is 0 Å². The van der Waals surface area contributed by atoms with E-state index in [4.69, 9.17) is 0 Å². The van der Waals surface area contributed by atoms with Crippen LogP contribution in [0.1, 0.15) is 30.7 Å². The van der Waals surface area contributed by atoms with Gasteiger partial charge in [0.05, 0.1) is 17.0 Å². The molecule has 1 saturated heterocycles. The molecule has 2 amide bonds. The Morgan fingerprint density at radius 3 is 2.81 bits per heavy atom. The van der Waals surface area contributed by atoms with E-state index in [1.54, 1.807) is 11.3 Å². The molecule has 0 aliphatic carbocycles. The lowest BCUT2D eigenvalue weighted by Crippen LogP contribution is -2.36. The van der Waals surface area contributed by atoms with Crippen LogP contribution < -0.4 is 5.32 Å². The fourth-order valence-electron chi connectivity index (χ4n) is 3.04. The number of hydrogen-bond acceptors (Lipinski definition) is 4. The van der Waals surface area contributed by atoms with E-state index in [0.717, 1.165) is 19.4 Å². The zero-order valence-corrected chi connectivity index (χ0v) is 16.1. The number of benzene rings is 1. The lowest BCUT2D eigenvalue weighted by Gasteiger charge is -2.26. The summed E-state index contributed by atoms with van der Waals surface area (Å²) in [7, 11) is 0. The van der Waals surface area contributed by atoms with Gasteiger partial charge in [-0.1, -0.05) is 6.07 Å². The first-order valence-electron chi connectivity index (χ1n) is 8.55. The maximum absolute atomic E-state index is 12.9. The maximum Gasteiger partial charge on any atom is 0.235 e. The fraction of sp³-hybridized carbons (Fsp3) is 0.368. The van der Waals surface area contributed by atoms with Crippen LogP contribution in [0.5, 0.6) is 0 Å². The van der Waals surface area contributed by atoms with Gasteiger partial charge in [0.2, 0.25) is 11.8 Å². The number of thiophene rings is 1. The van der Waals surface area contributed by atoms with Crippen LogP contribution in [0.15, 0.2) is 41.8 Å². The lowest BCUT2D eigenvalue weighted by molar-refractivity contribution is -0.131. The summed E-state index contributed by atoms with van der Waals surface area (Å²) in [6, 6.07) is 9.89. The Labute approximate surface area is 160 Å². The second kappa shape index (κ2) is 8.68. The molecule has 1 aromatic carbocycles. The number of amides is 2. The molecule has 1 N–H and O–H groups in total. The molecule has 138 valence electrons. The molecule has 1 aliphatic rings. The Kier molecular flexibility index (Phi) is 6.32. The van der Waals surface area contributed by atoms with Crippen molar-refractivity contribution in [1.82, 2.24) is 4.90 Å². The van der Waals surface area contributed by atoms with Crippen LogP contribution in [0, 0.1) is 5.82 Å². The predicted molar refractivity (Wildman–Crippen MR) is 105 cm³/mol. The fourth-order valence-corrected chi connectivity index (χ4v) is 4.67. The van der Waals surface area contributed by atoms with Crippen LogP contribution in [0.3, 0.4) is 0 Å². The number of nitrogens with one attached hydrogen (secondary N) is 1. The van der Waals surface area contributed by atoms with Crippen molar-refractivity contribution in [1.29, 1.82) is 0 Å². The summed E-state index contributed by atoms with van der Waals surface area (Å²) in [4.78, 5) is 28.0. The highest BCUT2D eigenvalue weighted by atomic mass is 32.2. The highest BCUT2D eigenvalue weighted by molar-refractivity contribution is 8.01. The SMILES string of the molecule is CC(SCC(=O)Nc1ccc(F)cc1)C(=O)N1CCCC1c1cccs1. The molecule has 2 heterocycles. The van der Waals surface area contributed by atoms with E-state index >= 15 is 0 Å². The Balaban J connectivity index is 1.51. The zero-order valence-electron chi connectivity index (χ0n) is 14.5. The van der Waals surface area contributed by atoms with Crippen molar-refractivity contribution in [2.45, 2.75) is 31.1 Å². The van der Waals surface area contributed by atoms with Gasteiger partial charge in [-0.25, -0.2) is 4.39 Å². The van der Waals surface area contributed by atoms with E-state index in [1.807, 2.05) is 23.3 Å². The number of likely N-dealkylation sites (tertiary alicyclic amines) is 1. The first-order valence-corrected chi connectivity index (χ1v) is 10.5. The van der Waals surface area contributed by atoms with Gasteiger partial charge in [-0.3, -0.25) is 9.59 Å². The summed E-state index contributed by atoms with van der Waals surface area (Å²) in [5.74, 6) is -0.276. The van der Waals surface area contributed by atoms with Gasteiger partial charge in [0, 0.05) is 17.1 Å². The van der Waals surface area contributed by atoms with E-state index in [9.17, 15) is 14.0 Å². The molecule has 1 fully saturated rings. The quantitative estimate of drug-likeness (QED) is 0.797. The van der Waals surface area contributed by atoms with E-state index in [0.29, 0.717) is 5.69 Å². The van der Waals surface area contributed by atoms with E-state index < -0.39 is 0 Å². The molecule has 7 heteroatoms. The molecular formula is C19H21FN2O2S2. The molecule has 1 aliphatic heterocycles. The number of carbonyl (C=O) groups is 2. The minimum absolute atomic E-state index is 0.0838. The third kappa shape index (κ3) is 4.65. The average molecular weight is 393 g/mol. The summed E-state index contributed by atoms with van der Waals surface area (Å²) in [5, 5.41) is 4.47. The molecule has 26 heavy (non-hydrogen) atoms. The third-order valence-corrected chi connectivity index (χ3v) is 6.45. The standard InChI is InChI=1S/C19H21FN2O2S2/c1-13(26-12-18(23)21-15-8-6-14(20)7-9-15)19(24)22-10-2-4-16(22)17-5-3-11-25-17/h3,5-9,11,13,16H,2,4,10,12H2,1H3,(H,21,23). The molecule has 2 unspecified atom stereocenters. The molecule has 1 aromatic heterocycles. The maximum atomic E-state index is 12.9. The Morgan fingerprint density at radius 2 is 2.12 bits per heavy atom. The van der Waals surface area contributed by atoms with Crippen molar-refractivity contribution < 1.29 is 14.0 Å². The molecule has 4 nitrogen and oxygen atoms in total. The van der Waals surface area contributed by atoms with Crippen LogP contribution in [-0.4, -0.2) is 34.3 Å². The van der Waals surface area contributed by atoms with E-state index in [-0.39, 0.29) is 34.7 Å². The van der Waals surface area contributed by atoms with E-state index in [2.05, 4.69) is 11.4 Å². The normalized spacial score (nSPS) is 17.9. The molecule has 3 rings (SSSR count). The number of anilines is 1. The van der Waals surface area contributed by atoms with Gasteiger partial charge in [-0.2, -0.15) is 0 Å². The predicted octanol–water partition coefficient (Wildman–Crippen LogP) is 4.31. The highest BCUT2D eigenvalue weighted by Crippen LogP contribution is 2.35. The Hall–Kier alpha value is -1.86. The highest BCUT2D eigenvalue weighted by Gasteiger charge is 2.33. The molecular weight excluding hydrogens is 371 g/mol. The smallest absolute Gasteiger partial charge is 0.235 e. The minimum atomic E-state index is -0.345. The van der Waals surface area contributed by atoms with Crippen molar-refractivity contribution in [2.24, 2.45) is 0 Å². The molecule has 0 saturated carbocycles. The van der Waals surface area contributed by atoms with Crippen molar-refractivity contribution >= 4 is 40.6 Å². The van der Waals surface area contributed by atoms with E-state index in [1.165, 1.54) is 40.9 Å². The molecule has 2 aromatic rings. The van der Waals surface area contributed by atoms with Crippen LogP contribution in [0.25, 0.3) is 0 Å². The van der Waals surface area contributed by atoms with Crippen LogP contribution in [-0.2, 0) is 9.59 Å². The van der Waals surface area contributed by atoms with Crippen molar-refractivity contribution in [2.75, 3.05) is 17.6 Å². The van der Waals surface area contributed by atoms with Crippen LogP contribution >= 0.6 is 23.1 Å². The van der Waals surface area contributed by atoms with Crippen LogP contribution in [0.2, 0.25) is 0 Å². The third-order valence-electron chi connectivity index (χ3n) is 4.35. The first-order chi connectivity index (χ1) is 12.5. The minimum Gasteiger partial charge on any atom is -0.334 e. The summed E-state index contributed by atoms with van der Waals surface area (Å²) < 4.78 is 12.9. The molecule has 0 bridgehead atoms. The summed E-state index contributed by atoms with van der Waals surface area (Å²) in [6.07, 6.45) is 2.01. The monoisotopic (exact) mass is 392 g/mol. The van der Waals surface area contributed by atoms with Gasteiger partial charge in [-0.05, 0) is 55.5 Å². The van der Waals surface area contributed by atoms with Gasteiger partial charge in [-0.15, -0.1) is 23.1 Å². The van der Waals surface area contributed by atoms with Gasteiger partial charge >= 0.3 is 0 Å². The second-order valence-electron chi connectivity index (χ2n) is 6.21. The Morgan fingerprint density at radius 1 is 1.35 bits per heavy atom. The Bertz CT molecular complexity index is 749. The van der Waals surface area contributed by atoms with Gasteiger partial charge < -0.3 is 10.2 Å². The average Bonchev–Trinajstić information content (AvgIpc) is 3.32. The molecule has 0 radical (unpaired) electrons. The van der Waals surface area contributed by atoms with Crippen molar-refractivity contribution in [3.05, 3.63) is 52.5 Å².